The molecule has 0 radical (unpaired) electrons. The lowest BCUT2D eigenvalue weighted by atomic mass is 10.1. The van der Waals surface area contributed by atoms with Gasteiger partial charge in [0.2, 0.25) is 0 Å². The molecule has 106 valence electrons. The van der Waals surface area contributed by atoms with Gasteiger partial charge in [-0.1, -0.05) is 6.07 Å². The van der Waals surface area contributed by atoms with Crippen LogP contribution >= 0.6 is 0 Å². The predicted molar refractivity (Wildman–Crippen MR) is 80.0 cm³/mol. The highest BCUT2D eigenvalue weighted by atomic mass is 16.5. The fourth-order valence-electron chi connectivity index (χ4n) is 2.16. The van der Waals surface area contributed by atoms with E-state index in [4.69, 9.17) is 4.74 Å². The summed E-state index contributed by atoms with van der Waals surface area (Å²) in [6.07, 6.45) is 2.06. The van der Waals surface area contributed by atoms with Crippen molar-refractivity contribution >= 4 is 11.7 Å². The van der Waals surface area contributed by atoms with Crippen molar-refractivity contribution in [2.75, 3.05) is 12.4 Å². The molecule has 0 saturated heterocycles. The molecule has 0 aliphatic carbocycles. The van der Waals surface area contributed by atoms with E-state index in [0.29, 0.717) is 5.56 Å². The van der Waals surface area contributed by atoms with Crippen molar-refractivity contribution in [1.29, 1.82) is 0 Å². The number of ether oxygens (including phenoxy) is 1. The predicted octanol–water partition coefficient (Wildman–Crippen LogP) is 3.22. The maximum Gasteiger partial charge on any atom is 0.337 e. The molecule has 4 heteroatoms. The van der Waals surface area contributed by atoms with Crippen LogP contribution < -0.4 is 5.32 Å². The number of esters is 1. The Balaban J connectivity index is 2.14. The number of benzene rings is 1. The molecule has 0 fully saturated rings. The van der Waals surface area contributed by atoms with Crippen LogP contribution in [0.3, 0.4) is 0 Å². The Labute approximate surface area is 119 Å². The van der Waals surface area contributed by atoms with E-state index in [9.17, 15) is 4.79 Å². The van der Waals surface area contributed by atoms with E-state index in [-0.39, 0.29) is 5.97 Å². The lowest BCUT2D eigenvalue weighted by molar-refractivity contribution is 0.0601. The van der Waals surface area contributed by atoms with Crippen molar-refractivity contribution in [3.05, 3.63) is 53.3 Å². The zero-order chi connectivity index (χ0) is 14.5. The molecule has 0 atom stereocenters. The first kappa shape index (κ1) is 14.2. The van der Waals surface area contributed by atoms with Crippen LogP contribution in [0.5, 0.6) is 0 Å². The average Bonchev–Trinajstić information content (AvgIpc) is 2.93. The third-order valence-electron chi connectivity index (χ3n) is 3.38. The fraction of sp³-hybridized carbons (Fsp3) is 0.312. The lowest BCUT2D eigenvalue weighted by Crippen LogP contribution is -2.08. The smallest absolute Gasteiger partial charge is 0.337 e. The summed E-state index contributed by atoms with van der Waals surface area (Å²) in [5.41, 5.74) is 3.84. The first-order valence-corrected chi connectivity index (χ1v) is 6.72. The maximum absolute atomic E-state index is 11.6. The summed E-state index contributed by atoms with van der Waals surface area (Å²) >= 11 is 0. The molecule has 20 heavy (non-hydrogen) atoms. The molecule has 0 spiro atoms. The van der Waals surface area contributed by atoms with Crippen LogP contribution in [0.2, 0.25) is 0 Å². The molecule has 0 aliphatic rings. The Morgan fingerprint density at radius 3 is 2.85 bits per heavy atom. The fourth-order valence-corrected chi connectivity index (χ4v) is 2.16. The quantitative estimate of drug-likeness (QED) is 0.850. The highest BCUT2D eigenvalue weighted by Crippen LogP contribution is 2.18. The Kier molecular flexibility index (Phi) is 4.45. The van der Waals surface area contributed by atoms with E-state index in [1.807, 2.05) is 25.1 Å². The topological polar surface area (TPSA) is 43.3 Å². The number of methoxy groups -OCH3 is 1. The summed E-state index contributed by atoms with van der Waals surface area (Å²) in [5, 5.41) is 3.38. The van der Waals surface area contributed by atoms with E-state index in [1.54, 1.807) is 6.07 Å². The van der Waals surface area contributed by atoms with E-state index in [0.717, 1.165) is 24.3 Å². The minimum atomic E-state index is -0.315. The van der Waals surface area contributed by atoms with Gasteiger partial charge in [0.1, 0.15) is 0 Å². The van der Waals surface area contributed by atoms with Crippen LogP contribution in [0.1, 0.15) is 28.5 Å². The van der Waals surface area contributed by atoms with Gasteiger partial charge in [-0.2, -0.15) is 0 Å². The van der Waals surface area contributed by atoms with Gasteiger partial charge in [-0.15, -0.1) is 0 Å². The molecule has 0 amide bonds. The Morgan fingerprint density at radius 1 is 1.35 bits per heavy atom. The number of carbonyl (C=O) groups is 1. The summed E-state index contributed by atoms with van der Waals surface area (Å²) in [5.74, 6) is -0.315. The lowest BCUT2D eigenvalue weighted by Gasteiger charge is -2.12. The van der Waals surface area contributed by atoms with Crippen molar-refractivity contribution < 1.29 is 9.53 Å². The highest BCUT2D eigenvalue weighted by molar-refractivity contribution is 5.90. The van der Waals surface area contributed by atoms with E-state index in [1.165, 1.54) is 12.8 Å². The van der Waals surface area contributed by atoms with E-state index < -0.39 is 0 Å². The van der Waals surface area contributed by atoms with Gasteiger partial charge < -0.3 is 14.6 Å². The summed E-state index contributed by atoms with van der Waals surface area (Å²) in [7, 11) is 1.39. The number of nitrogens with zero attached hydrogens (tertiary/aromatic N) is 1. The minimum absolute atomic E-state index is 0.315. The molecule has 0 aliphatic heterocycles. The minimum Gasteiger partial charge on any atom is -0.465 e. The highest BCUT2D eigenvalue weighted by Gasteiger charge is 2.08. The molecule has 1 aromatic heterocycles. The van der Waals surface area contributed by atoms with Gasteiger partial charge in [0.15, 0.2) is 0 Å². The second-order valence-corrected chi connectivity index (χ2v) is 4.66. The van der Waals surface area contributed by atoms with Gasteiger partial charge in [0.05, 0.1) is 19.2 Å². The van der Waals surface area contributed by atoms with Gasteiger partial charge in [-0.05, 0) is 43.7 Å². The van der Waals surface area contributed by atoms with Gasteiger partial charge >= 0.3 is 5.97 Å². The van der Waals surface area contributed by atoms with Crippen molar-refractivity contribution in [2.45, 2.75) is 26.9 Å². The molecule has 0 bridgehead atoms. The maximum atomic E-state index is 11.6. The zero-order valence-electron chi connectivity index (χ0n) is 12.1. The number of carbonyl (C=O) groups excluding carboxylic acids is 1. The number of hydrogen-bond acceptors (Lipinski definition) is 3. The number of rotatable bonds is 5. The van der Waals surface area contributed by atoms with Crippen LogP contribution in [0.4, 0.5) is 5.69 Å². The van der Waals surface area contributed by atoms with Crippen LogP contribution in [0, 0.1) is 6.92 Å². The van der Waals surface area contributed by atoms with Crippen molar-refractivity contribution in [1.82, 2.24) is 4.57 Å². The number of aryl methyl sites for hydroxylation is 2. The zero-order valence-corrected chi connectivity index (χ0v) is 12.1. The molecule has 1 heterocycles. The van der Waals surface area contributed by atoms with Crippen LogP contribution in [0.25, 0.3) is 0 Å². The molecule has 2 aromatic rings. The van der Waals surface area contributed by atoms with Gasteiger partial charge in [-0.25, -0.2) is 4.79 Å². The van der Waals surface area contributed by atoms with Crippen LogP contribution in [0.15, 0.2) is 36.5 Å². The normalized spacial score (nSPS) is 10.3. The number of hydrogen-bond donors (Lipinski definition) is 1. The molecular weight excluding hydrogens is 252 g/mol. The van der Waals surface area contributed by atoms with Crippen LogP contribution in [-0.4, -0.2) is 17.6 Å². The summed E-state index contributed by atoms with van der Waals surface area (Å²) in [4.78, 5) is 11.6. The average molecular weight is 272 g/mol. The third-order valence-corrected chi connectivity index (χ3v) is 3.38. The number of aromatic nitrogens is 1. The number of nitrogens with one attached hydrogen (secondary N) is 1. The SMILES string of the molecule is CCn1cccc1CNc1cc(C(=O)OC)ccc1C. The van der Waals surface area contributed by atoms with Crippen molar-refractivity contribution in [3.63, 3.8) is 0 Å². The van der Waals surface area contributed by atoms with Gasteiger partial charge in [-0.3, -0.25) is 0 Å². The van der Waals surface area contributed by atoms with Gasteiger partial charge in [0, 0.05) is 24.1 Å². The third kappa shape index (κ3) is 3.02. The van der Waals surface area contributed by atoms with Crippen LogP contribution in [-0.2, 0) is 17.8 Å². The Bertz CT molecular complexity index is 602. The second-order valence-electron chi connectivity index (χ2n) is 4.66. The monoisotopic (exact) mass is 272 g/mol. The van der Waals surface area contributed by atoms with Crippen molar-refractivity contribution in [2.24, 2.45) is 0 Å². The molecule has 1 N–H and O–H groups in total. The van der Waals surface area contributed by atoms with Gasteiger partial charge in [0.25, 0.3) is 0 Å². The standard InChI is InChI=1S/C16H20N2O2/c1-4-18-9-5-6-14(18)11-17-15-10-13(16(19)20-3)8-7-12(15)2/h5-10,17H,4,11H2,1-3H3. The summed E-state index contributed by atoms with van der Waals surface area (Å²) in [6.45, 7) is 5.81. The van der Waals surface area contributed by atoms with Crippen molar-refractivity contribution in [3.8, 4) is 0 Å². The molecule has 4 nitrogen and oxygen atoms in total. The molecule has 2 rings (SSSR count). The molecule has 1 aromatic carbocycles. The Morgan fingerprint density at radius 2 is 2.15 bits per heavy atom. The molecule has 0 unspecified atom stereocenters. The van der Waals surface area contributed by atoms with E-state index in [2.05, 4.69) is 29.1 Å². The number of anilines is 1. The largest absolute Gasteiger partial charge is 0.465 e. The Hall–Kier alpha value is -2.23. The first-order valence-electron chi connectivity index (χ1n) is 6.72. The molecule has 0 saturated carbocycles. The van der Waals surface area contributed by atoms with E-state index >= 15 is 0 Å². The molecular formula is C16H20N2O2. The first-order chi connectivity index (χ1) is 9.65. The summed E-state index contributed by atoms with van der Waals surface area (Å²) < 4.78 is 6.93. The summed E-state index contributed by atoms with van der Waals surface area (Å²) in [6, 6.07) is 9.67. The second kappa shape index (κ2) is 6.28.